The smallest absolute Gasteiger partial charge is 0.410 e. The first-order chi connectivity index (χ1) is 11.2. The van der Waals surface area contributed by atoms with E-state index in [0.717, 1.165) is 11.3 Å². The number of hydrogen-bond donors (Lipinski definition) is 0. The van der Waals surface area contributed by atoms with Crippen LogP contribution < -0.4 is 4.90 Å². The highest BCUT2D eigenvalue weighted by atomic mass is 19.1. The molecule has 1 aromatic carbocycles. The molecule has 0 atom stereocenters. The summed E-state index contributed by atoms with van der Waals surface area (Å²) >= 11 is 0. The van der Waals surface area contributed by atoms with Crippen molar-refractivity contribution in [2.24, 2.45) is 0 Å². The van der Waals surface area contributed by atoms with Crippen LogP contribution in [0.25, 0.3) is 0 Å². The van der Waals surface area contributed by atoms with E-state index < -0.39 is 5.95 Å². The fourth-order valence-electron chi connectivity index (χ4n) is 2.51. The fourth-order valence-corrected chi connectivity index (χ4v) is 2.51. The molecule has 3 rings (SSSR count). The molecule has 1 fully saturated rings. The molecule has 6 heteroatoms. The lowest BCUT2D eigenvalue weighted by molar-refractivity contribution is 0.0942. The maximum Gasteiger partial charge on any atom is 0.410 e. The first-order valence-corrected chi connectivity index (χ1v) is 7.54. The van der Waals surface area contributed by atoms with Crippen molar-refractivity contribution in [3.63, 3.8) is 0 Å². The fraction of sp³-hybridized carbons (Fsp3) is 0.294. The van der Waals surface area contributed by atoms with E-state index in [1.54, 1.807) is 11.0 Å². The largest absolute Gasteiger partial charge is 0.445 e. The molecule has 0 saturated carbocycles. The van der Waals surface area contributed by atoms with Gasteiger partial charge in [-0.25, -0.2) is 9.78 Å². The summed E-state index contributed by atoms with van der Waals surface area (Å²) in [6, 6.07) is 12.6. The quantitative estimate of drug-likeness (QED) is 0.817. The molecular formula is C17H18FN3O2. The molecule has 0 aliphatic carbocycles. The molecule has 0 unspecified atom stereocenters. The van der Waals surface area contributed by atoms with E-state index >= 15 is 0 Å². The molecule has 2 heterocycles. The Morgan fingerprint density at radius 3 is 2.48 bits per heavy atom. The van der Waals surface area contributed by atoms with Crippen LogP contribution in [0.1, 0.15) is 5.56 Å². The monoisotopic (exact) mass is 315 g/mol. The number of nitrogens with zero attached hydrogens (tertiary/aromatic N) is 3. The molecule has 2 aromatic rings. The number of piperazine rings is 1. The van der Waals surface area contributed by atoms with Gasteiger partial charge in [-0.05, 0) is 17.7 Å². The summed E-state index contributed by atoms with van der Waals surface area (Å²) in [5.74, 6) is -0.489. The standard InChI is InChI=1S/C17H18FN3O2/c18-16-7-6-15(12-19-16)20-8-10-21(11-9-20)17(22)23-13-14-4-2-1-3-5-14/h1-7,12H,8-11,13H2. The molecule has 0 bridgehead atoms. The predicted molar refractivity (Wildman–Crippen MR) is 84.6 cm³/mol. The van der Waals surface area contributed by atoms with Crippen molar-refractivity contribution in [2.75, 3.05) is 31.1 Å². The zero-order valence-electron chi connectivity index (χ0n) is 12.7. The van der Waals surface area contributed by atoms with E-state index in [0.29, 0.717) is 26.2 Å². The Kier molecular flexibility index (Phi) is 4.71. The van der Waals surface area contributed by atoms with Gasteiger partial charge in [0.2, 0.25) is 5.95 Å². The SMILES string of the molecule is O=C(OCc1ccccc1)N1CCN(c2ccc(F)nc2)CC1. The van der Waals surface area contributed by atoms with Crippen molar-refractivity contribution in [1.82, 2.24) is 9.88 Å². The van der Waals surface area contributed by atoms with Gasteiger partial charge in [0.05, 0.1) is 11.9 Å². The minimum atomic E-state index is -0.489. The normalized spacial score (nSPS) is 14.7. The number of aromatic nitrogens is 1. The van der Waals surface area contributed by atoms with Gasteiger partial charge in [-0.2, -0.15) is 4.39 Å². The lowest BCUT2D eigenvalue weighted by atomic mass is 10.2. The number of ether oxygens (including phenoxy) is 1. The third-order valence-electron chi connectivity index (χ3n) is 3.82. The molecule has 1 aliphatic heterocycles. The molecule has 1 aliphatic rings. The lowest BCUT2D eigenvalue weighted by Crippen LogP contribution is -2.49. The average Bonchev–Trinajstić information content (AvgIpc) is 2.61. The Morgan fingerprint density at radius 2 is 1.83 bits per heavy atom. The van der Waals surface area contributed by atoms with E-state index in [-0.39, 0.29) is 12.7 Å². The van der Waals surface area contributed by atoms with Crippen molar-refractivity contribution in [3.8, 4) is 0 Å². The number of carbonyl (C=O) groups is 1. The van der Waals surface area contributed by atoms with Crippen molar-refractivity contribution in [3.05, 3.63) is 60.2 Å². The highest BCUT2D eigenvalue weighted by Gasteiger charge is 2.22. The van der Waals surface area contributed by atoms with E-state index in [2.05, 4.69) is 9.88 Å². The summed E-state index contributed by atoms with van der Waals surface area (Å²) in [5.41, 5.74) is 1.83. The van der Waals surface area contributed by atoms with Gasteiger partial charge < -0.3 is 14.5 Å². The van der Waals surface area contributed by atoms with Crippen LogP contribution in [0.5, 0.6) is 0 Å². The second-order valence-electron chi connectivity index (χ2n) is 5.35. The molecule has 23 heavy (non-hydrogen) atoms. The van der Waals surface area contributed by atoms with Crippen LogP contribution in [-0.2, 0) is 11.3 Å². The van der Waals surface area contributed by atoms with Crippen LogP contribution >= 0.6 is 0 Å². The number of pyridine rings is 1. The third-order valence-corrected chi connectivity index (χ3v) is 3.82. The molecule has 1 aromatic heterocycles. The second-order valence-corrected chi connectivity index (χ2v) is 5.35. The van der Waals surface area contributed by atoms with Crippen molar-refractivity contribution < 1.29 is 13.9 Å². The van der Waals surface area contributed by atoms with Gasteiger partial charge in [-0.1, -0.05) is 30.3 Å². The van der Waals surface area contributed by atoms with Crippen LogP contribution in [0.2, 0.25) is 0 Å². The number of amides is 1. The van der Waals surface area contributed by atoms with E-state index in [1.165, 1.54) is 12.3 Å². The van der Waals surface area contributed by atoms with Crippen molar-refractivity contribution in [1.29, 1.82) is 0 Å². The topological polar surface area (TPSA) is 45.7 Å². The molecule has 120 valence electrons. The van der Waals surface area contributed by atoms with Crippen molar-refractivity contribution >= 4 is 11.8 Å². The zero-order chi connectivity index (χ0) is 16.1. The maximum absolute atomic E-state index is 12.8. The Hall–Kier alpha value is -2.63. The molecule has 1 saturated heterocycles. The maximum atomic E-state index is 12.8. The van der Waals surface area contributed by atoms with Crippen LogP contribution in [0.3, 0.4) is 0 Å². The summed E-state index contributed by atoms with van der Waals surface area (Å²) < 4.78 is 18.2. The van der Waals surface area contributed by atoms with Gasteiger partial charge in [0.1, 0.15) is 6.61 Å². The van der Waals surface area contributed by atoms with Gasteiger partial charge in [0, 0.05) is 26.2 Å². The van der Waals surface area contributed by atoms with E-state index in [4.69, 9.17) is 4.74 Å². The summed E-state index contributed by atoms with van der Waals surface area (Å²) in [5, 5.41) is 0. The number of halogens is 1. The van der Waals surface area contributed by atoms with Gasteiger partial charge in [-0.15, -0.1) is 0 Å². The number of carbonyl (C=O) groups excluding carboxylic acids is 1. The summed E-state index contributed by atoms with van der Waals surface area (Å²) in [7, 11) is 0. The van der Waals surface area contributed by atoms with Crippen LogP contribution in [0, 0.1) is 5.95 Å². The molecule has 0 radical (unpaired) electrons. The number of benzene rings is 1. The summed E-state index contributed by atoms with van der Waals surface area (Å²) in [6.07, 6.45) is 1.21. The Morgan fingerprint density at radius 1 is 1.09 bits per heavy atom. The predicted octanol–water partition coefficient (Wildman–Crippen LogP) is 2.68. The van der Waals surface area contributed by atoms with Gasteiger partial charge in [0.25, 0.3) is 0 Å². The molecule has 1 amide bonds. The van der Waals surface area contributed by atoms with Crippen molar-refractivity contribution in [2.45, 2.75) is 6.61 Å². The highest BCUT2D eigenvalue weighted by molar-refractivity contribution is 5.68. The number of rotatable bonds is 3. The van der Waals surface area contributed by atoms with Gasteiger partial charge >= 0.3 is 6.09 Å². The van der Waals surface area contributed by atoms with Crippen LogP contribution in [-0.4, -0.2) is 42.2 Å². The van der Waals surface area contributed by atoms with Crippen LogP contribution in [0.15, 0.2) is 48.7 Å². The first-order valence-electron chi connectivity index (χ1n) is 7.54. The number of hydrogen-bond acceptors (Lipinski definition) is 4. The first kappa shape index (κ1) is 15.3. The van der Waals surface area contributed by atoms with E-state index in [9.17, 15) is 9.18 Å². The average molecular weight is 315 g/mol. The highest BCUT2D eigenvalue weighted by Crippen LogP contribution is 2.16. The number of anilines is 1. The van der Waals surface area contributed by atoms with Gasteiger partial charge in [0.15, 0.2) is 0 Å². The second kappa shape index (κ2) is 7.09. The lowest BCUT2D eigenvalue weighted by Gasteiger charge is -2.35. The summed E-state index contributed by atoms with van der Waals surface area (Å²) in [4.78, 5) is 19.5. The molecular weight excluding hydrogens is 297 g/mol. The summed E-state index contributed by atoms with van der Waals surface area (Å²) in [6.45, 7) is 2.78. The Balaban J connectivity index is 1.48. The molecule has 5 nitrogen and oxygen atoms in total. The molecule has 0 N–H and O–H groups in total. The zero-order valence-corrected chi connectivity index (χ0v) is 12.7. The van der Waals surface area contributed by atoms with Crippen LogP contribution in [0.4, 0.5) is 14.9 Å². The molecule has 0 spiro atoms. The van der Waals surface area contributed by atoms with E-state index in [1.807, 2.05) is 30.3 Å². The Labute approximate surface area is 134 Å². The minimum absolute atomic E-state index is 0.280. The minimum Gasteiger partial charge on any atom is -0.445 e. The Bertz CT molecular complexity index is 641. The third kappa shape index (κ3) is 3.97. The van der Waals surface area contributed by atoms with Gasteiger partial charge in [-0.3, -0.25) is 0 Å².